The lowest BCUT2D eigenvalue weighted by atomic mass is 10.2. The lowest BCUT2D eigenvalue weighted by Gasteiger charge is -1.99. The number of ether oxygens (including phenoxy) is 1. The smallest absolute Gasteiger partial charge is 0.256 e. The Morgan fingerprint density at radius 3 is 2.69 bits per heavy atom. The van der Waals surface area contributed by atoms with Crippen LogP contribution in [0.25, 0.3) is 11.3 Å². The predicted molar refractivity (Wildman–Crippen MR) is 64.9 cm³/mol. The van der Waals surface area contributed by atoms with Crippen LogP contribution >= 0.6 is 11.8 Å². The van der Waals surface area contributed by atoms with Gasteiger partial charge in [-0.3, -0.25) is 0 Å². The van der Waals surface area contributed by atoms with Gasteiger partial charge in [-0.15, -0.1) is 0 Å². The summed E-state index contributed by atoms with van der Waals surface area (Å²) in [5.74, 6) is 2.59. The van der Waals surface area contributed by atoms with Crippen LogP contribution in [0, 0.1) is 0 Å². The van der Waals surface area contributed by atoms with Crippen LogP contribution in [-0.2, 0) is 0 Å². The average Bonchev–Trinajstić information content (AvgIpc) is 2.78. The van der Waals surface area contributed by atoms with Crippen LogP contribution in [-0.4, -0.2) is 17.8 Å². The number of thioether (sulfide) groups is 1. The molecule has 1 aromatic heterocycles. The Morgan fingerprint density at radius 2 is 2.06 bits per heavy atom. The van der Waals surface area contributed by atoms with Gasteiger partial charge in [-0.25, -0.2) is 4.98 Å². The molecular formula is C12H13NO2S. The molecule has 0 spiro atoms. The molecule has 0 fully saturated rings. The van der Waals surface area contributed by atoms with Gasteiger partial charge in [-0.1, -0.05) is 18.7 Å². The fraction of sp³-hybridized carbons (Fsp3) is 0.250. The van der Waals surface area contributed by atoms with E-state index in [1.165, 1.54) is 0 Å². The molecule has 3 nitrogen and oxygen atoms in total. The fourth-order valence-electron chi connectivity index (χ4n) is 1.34. The van der Waals surface area contributed by atoms with E-state index in [4.69, 9.17) is 9.15 Å². The van der Waals surface area contributed by atoms with E-state index < -0.39 is 0 Å². The van der Waals surface area contributed by atoms with Gasteiger partial charge in [0.25, 0.3) is 5.22 Å². The molecule has 1 aromatic carbocycles. The molecule has 2 rings (SSSR count). The van der Waals surface area contributed by atoms with Gasteiger partial charge in [-0.2, -0.15) is 0 Å². The van der Waals surface area contributed by atoms with Crippen LogP contribution in [0.15, 0.2) is 40.1 Å². The third-order valence-corrected chi connectivity index (χ3v) is 2.85. The molecule has 0 saturated carbocycles. The second-order valence-electron chi connectivity index (χ2n) is 3.15. The Hall–Kier alpha value is -1.42. The van der Waals surface area contributed by atoms with E-state index in [2.05, 4.69) is 11.9 Å². The number of nitrogens with zero attached hydrogens (tertiary/aromatic N) is 1. The lowest BCUT2D eigenvalue weighted by molar-refractivity contribution is 0.414. The summed E-state index contributed by atoms with van der Waals surface area (Å²) in [5, 5.41) is 0.716. The Kier molecular flexibility index (Phi) is 3.51. The van der Waals surface area contributed by atoms with Crippen molar-refractivity contribution < 1.29 is 9.15 Å². The minimum Gasteiger partial charge on any atom is -0.497 e. The van der Waals surface area contributed by atoms with Crippen molar-refractivity contribution in [1.29, 1.82) is 0 Å². The Morgan fingerprint density at radius 1 is 1.31 bits per heavy atom. The monoisotopic (exact) mass is 235 g/mol. The topological polar surface area (TPSA) is 35.3 Å². The summed E-state index contributed by atoms with van der Waals surface area (Å²) in [6.07, 6.45) is 1.75. The van der Waals surface area contributed by atoms with Gasteiger partial charge < -0.3 is 9.15 Å². The third-order valence-electron chi connectivity index (χ3n) is 2.13. The third kappa shape index (κ3) is 2.39. The molecule has 0 unspecified atom stereocenters. The van der Waals surface area contributed by atoms with Crippen LogP contribution in [0.1, 0.15) is 6.92 Å². The maximum absolute atomic E-state index is 5.59. The number of hydrogen-bond acceptors (Lipinski definition) is 4. The van der Waals surface area contributed by atoms with Gasteiger partial charge in [-0.05, 0) is 30.0 Å². The van der Waals surface area contributed by atoms with Crippen molar-refractivity contribution in [3.8, 4) is 17.1 Å². The van der Waals surface area contributed by atoms with Crippen molar-refractivity contribution in [2.24, 2.45) is 0 Å². The van der Waals surface area contributed by atoms with Crippen LogP contribution in [0.2, 0.25) is 0 Å². The summed E-state index contributed by atoms with van der Waals surface area (Å²) in [6.45, 7) is 2.07. The van der Waals surface area contributed by atoms with Crippen LogP contribution in [0.3, 0.4) is 0 Å². The molecule has 0 aliphatic heterocycles. The molecule has 0 aliphatic carbocycles. The van der Waals surface area contributed by atoms with Gasteiger partial charge in [0.05, 0.1) is 13.3 Å². The average molecular weight is 235 g/mol. The first kappa shape index (κ1) is 11.1. The maximum atomic E-state index is 5.59. The second-order valence-corrected chi connectivity index (χ2v) is 4.37. The molecule has 4 heteroatoms. The van der Waals surface area contributed by atoms with Crippen LogP contribution in [0.5, 0.6) is 5.75 Å². The minimum atomic E-state index is 0.716. The van der Waals surface area contributed by atoms with Gasteiger partial charge in [0.2, 0.25) is 0 Å². The highest BCUT2D eigenvalue weighted by atomic mass is 32.2. The van der Waals surface area contributed by atoms with E-state index in [-0.39, 0.29) is 0 Å². The number of hydrogen-bond donors (Lipinski definition) is 0. The van der Waals surface area contributed by atoms with Gasteiger partial charge in [0.1, 0.15) is 5.75 Å². The van der Waals surface area contributed by atoms with Gasteiger partial charge >= 0.3 is 0 Å². The maximum Gasteiger partial charge on any atom is 0.256 e. The number of methoxy groups -OCH3 is 1. The first-order chi connectivity index (χ1) is 7.83. The number of rotatable bonds is 4. The van der Waals surface area contributed by atoms with E-state index >= 15 is 0 Å². The summed E-state index contributed by atoms with van der Waals surface area (Å²) in [4.78, 5) is 4.19. The summed E-state index contributed by atoms with van der Waals surface area (Å²) in [6, 6.07) is 7.73. The zero-order chi connectivity index (χ0) is 11.4. The molecule has 1 heterocycles. The SMILES string of the molecule is CCSc1ncc(-c2ccc(OC)cc2)o1. The largest absolute Gasteiger partial charge is 0.497 e. The first-order valence-electron chi connectivity index (χ1n) is 5.06. The highest BCUT2D eigenvalue weighted by Crippen LogP contribution is 2.26. The molecule has 0 amide bonds. The highest BCUT2D eigenvalue weighted by Gasteiger charge is 2.05. The molecular weight excluding hydrogens is 222 g/mol. The summed E-state index contributed by atoms with van der Waals surface area (Å²) >= 11 is 1.60. The van der Waals surface area contributed by atoms with E-state index in [9.17, 15) is 0 Å². The van der Waals surface area contributed by atoms with E-state index in [0.29, 0.717) is 5.22 Å². The van der Waals surface area contributed by atoms with Crippen molar-refractivity contribution in [2.45, 2.75) is 12.1 Å². The standard InChI is InChI=1S/C12H13NO2S/c1-3-16-12-13-8-11(15-12)9-4-6-10(14-2)7-5-9/h4-8H,3H2,1-2H3. The molecule has 84 valence electrons. The molecule has 0 atom stereocenters. The van der Waals surface area contributed by atoms with E-state index in [1.807, 2.05) is 24.3 Å². The Balaban J connectivity index is 2.21. The van der Waals surface area contributed by atoms with Gasteiger partial charge in [0.15, 0.2) is 5.76 Å². The molecule has 0 saturated heterocycles. The van der Waals surface area contributed by atoms with Crippen molar-refractivity contribution in [1.82, 2.24) is 4.98 Å². The van der Waals surface area contributed by atoms with Crippen molar-refractivity contribution >= 4 is 11.8 Å². The molecule has 0 bridgehead atoms. The zero-order valence-electron chi connectivity index (χ0n) is 9.27. The van der Waals surface area contributed by atoms with E-state index in [1.54, 1.807) is 25.1 Å². The van der Waals surface area contributed by atoms with Crippen LogP contribution in [0.4, 0.5) is 0 Å². The predicted octanol–water partition coefficient (Wildman–Crippen LogP) is 3.46. The quantitative estimate of drug-likeness (QED) is 0.760. The summed E-state index contributed by atoms with van der Waals surface area (Å²) in [7, 11) is 1.65. The normalized spacial score (nSPS) is 10.4. The summed E-state index contributed by atoms with van der Waals surface area (Å²) in [5.41, 5.74) is 1.01. The molecule has 0 N–H and O–H groups in total. The Bertz CT molecular complexity index is 450. The lowest BCUT2D eigenvalue weighted by Crippen LogP contribution is -1.81. The number of benzene rings is 1. The molecule has 2 aromatic rings. The fourth-order valence-corrected chi connectivity index (χ4v) is 1.86. The van der Waals surface area contributed by atoms with Crippen molar-refractivity contribution in [3.63, 3.8) is 0 Å². The number of aromatic nitrogens is 1. The molecule has 0 aliphatic rings. The van der Waals surface area contributed by atoms with Crippen LogP contribution < -0.4 is 4.74 Å². The number of oxazole rings is 1. The first-order valence-corrected chi connectivity index (χ1v) is 6.05. The van der Waals surface area contributed by atoms with Crippen molar-refractivity contribution in [3.05, 3.63) is 30.5 Å². The van der Waals surface area contributed by atoms with Gasteiger partial charge in [0, 0.05) is 5.56 Å². The zero-order valence-corrected chi connectivity index (χ0v) is 10.1. The van der Waals surface area contributed by atoms with Crippen molar-refractivity contribution in [2.75, 3.05) is 12.9 Å². The molecule has 16 heavy (non-hydrogen) atoms. The Labute approximate surface area is 98.8 Å². The summed E-state index contributed by atoms with van der Waals surface area (Å²) < 4.78 is 10.7. The van der Waals surface area contributed by atoms with E-state index in [0.717, 1.165) is 22.8 Å². The second kappa shape index (κ2) is 5.07. The highest BCUT2D eigenvalue weighted by molar-refractivity contribution is 7.99. The molecule has 0 radical (unpaired) electrons. The minimum absolute atomic E-state index is 0.716.